The molecule has 1 aromatic heterocycles. The van der Waals surface area contributed by atoms with Crippen LogP contribution in [-0.4, -0.2) is 35.8 Å². The molecule has 1 saturated heterocycles. The summed E-state index contributed by atoms with van der Waals surface area (Å²) in [5, 5.41) is 4.02. The fraction of sp³-hybridized carbons (Fsp3) is 0.464. The van der Waals surface area contributed by atoms with Crippen molar-refractivity contribution in [1.82, 2.24) is 9.88 Å². The van der Waals surface area contributed by atoms with E-state index in [1.165, 1.54) is 6.42 Å². The number of nitrogens with one attached hydrogen (secondary N) is 1. The van der Waals surface area contributed by atoms with Gasteiger partial charge in [0.1, 0.15) is 12.4 Å². The molecule has 3 N–H and O–H groups in total. The largest absolute Gasteiger partial charge is 0.491 e. The maximum Gasteiger partial charge on any atom is 0.224 e. The molecule has 2 aromatic carbocycles. The summed E-state index contributed by atoms with van der Waals surface area (Å²) in [4.78, 5) is 12.2. The fourth-order valence-corrected chi connectivity index (χ4v) is 5.03. The van der Waals surface area contributed by atoms with E-state index >= 15 is 0 Å². The van der Waals surface area contributed by atoms with Crippen LogP contribution in [0.5, 0.6) is 5.75 Å². The number of amides is 1. The van der Waals surface area contributed by atoms with Crippen LogP contribution in [0.3, 0.4) is 0 Å². The minimum absolute atomic E-state index is 0.0429. The van der Waals surface area contributed by atoms with Gasteiger partial charge in [0.15, 0.2) is 0 Å². The van der Waals surface area contributed by atoms with Gasteiger partial charge in [0.05, 0.1) is 29.4 Å². The van der Waals surface area contributed by atoms with E-state index in [2.05, 4.69) is 34.1 Å². The summed E-state index contributed by atoms with van der Waals surface area (Å²) in [7, 11) is 0. The molecule has 1 amide bonds. The first-order valence-corrected chi connectivity index (χ1v) is 12.6. The van der Waals surface area contributed by atoms with Gasteiger partial charge in [-0.25, -0.2) is 0 Å². The van der Waals surface area contributed by atoms with E-state index in [0.717, 1.165) is 71.5 Å². The van der Waals surface area contributed by atoms with Crippen LogP contribution in [0, 0.1) is 0 Å². The molecule has 0 radical (unpaired) electrons. The van der Waals surface area contributed by atoms with Gasteiger partial charge in [0.25, 0.3) is 0 Å². The normalized spacial score (nSPS) is 18.4. The number of nitrogens with two attached hydrogens (primary N) is 1. The van der Waals surface area contributed by atoms with Gasteiger partial charge in [-0.2, -0.15) is 0 Å². The molecule has 5 rings (SSSR count). The Morgan fingerprint density at radius 2 is 1.94 bits per heavy atom. The van der Waals surface area contributed by atoms with E-state index in [9.17, 15) is 4.79 Å². The maximum absolute atomic E-state index is 12.2. The highest BCUT2D eigenvalue weighted by molar-refractivity contribution is 6.01. The summed E-state index contributed by atoms with van der Waals surface area (Å²) in [5.74, 6) is 0.903. The van der Waals surface area contributed by atoms with Crippen LogP contribution in [0.2, 0.25) is 0 Å². The number of anilines is 1. The number of carbonyl (C=O) groups is 1. The molecule has 0 spiro atoms. The third-order valence-corrected chi connectivity index (χ3v) is 6.96. The predicted octanol–water partition coefficient (Wildman–Crippen LogP) is 5.24. The summed E-state index contributed by atoms with van der Waals surface area (Å²) in [6.07, 6.45) is 6.30. The minimum Gasteiger partial charge on any atom is -0.491 e. The lowest BCUT2D eigenvalue weighted by Gasteiger charge is -2.30. The van der Waals surface area contributed by atoms with Gasteiger partial charge in [-0.1, -0.05) is 24.3 Å². The van der Waals surface area contributed by atoms with Gasteiger partial charge >= 0.3 is 0 Å². The van der Waals surface area contributed by atoms with Crippen LogP contribution in [0.15, 0.2) is 42.5 Å². The Labute approximate surface area is 201 Å². The van der Waals surface area contributed by atoms with E-state index in [-0.39, 0.29) is 18.1 Å². The molecule has 2 fully saturated rings. The Hall–Kier alpha value is -2.99. The second-order valence-corrected chi connectivity index (χ2v) is 9.94. The summed E-state index contributed by atoms with van der Waals surface area (Å²) in [6.45, 7) is 5.37. The molecule has 6 nitrogen and oxygen atoms in total. The zero-order valence-electron chi connectivity index (χ0n) is 20.2. The van der Waals surface area contributed by atoms with Gasteiger partial charge in [-0.3, -0.25) is 4.79 Å². The van der Waals surface area contributed by atoms with Crippen molar-refractivity contribution in [2.24, 2.45) is 0 Å². The van der Waals surface area contributed by atoms with E-state index in [4.69, 9.17) is 15.2 Å². The van der Waals surface area contributed by atoms with Crippen LogP contribution in [0.1, 0.15) is 57.6 Å². The first-order valence-electron chi connectivity index (χ1n) is 12.6. The monoisotopic (exact) mass is 461 g/mol. The Balaban J connectivity index is 1.45. The number of nitrogens with zero attached hydrogens (tertiary/aromatic N) is 1. The van der Waals surface area contributed by atoms with Gasteiger partial charge in [-0.15, -0.1) is 0 Å². The molecule has 6 heteroatoms. The number of fused-ring (bicyclic) bond motifs is 1. The van der Waals surface area contributed by atoms with Crippen molar-refractivity contribution in [1.29, 1.82) is 0 Å². The molecular weight excluding hydrogens is 426 g/mol. The average molecular weight is 462 g/mol. The number of nitrogen functional groups attached to an aromatic ring is 1. The minimum atomic E-state index is 0.0429. The standard InChI is InChI=1S/C28H35N3O3/c1-18(2)30-26(32)15-19-8-10-20(11-9-19)28-27(29)24-13-12-22(34-17-23-7-4-14-33-23)16-25(24)31(28)21-5-3-6-21/h8-13,16,18,21,23H,3-7,14-15,17,29H2,1-2H3,(H,30,32). The van der Waals surface area contributed by atoms with E-state index < -0.39 is 0 Å². The Bertz CT molecular complexity index is 1160. The quantitative estimate of drug-likeness (QED) is 0.481. The van der Waals surface area contributed by atoms with E-state index in [1.54, 1.807) is 0 Å². The SMILES string of the molecule is CC(C)NC(=O)Cc1ccc(-c2c(N)c3ccc(OCC4CCCO4)cc3n2C2CCC2)cc1. The van der Waals surface area contributed by atoms with Gasteiger partial charge < -0.3 is 25.1 Å². The summed E-state index contributed by atoms with van der Waals surface area (Å²) in [5.41, 5.74) is 11.8. The smallest absolute Gasteiger partial charge is 0.224 e. The molecule has 180 valence electrons. The molecule has 1 unspecified atom stereocenters. The number of rotatable bonds is 8. The Kier molecular flexibility index (Phi) is 6.50. The third-order valence-electron chi connectivity index (χ3n) is 6.96. The third kappa shape index (κ3) is 4.64. The van der Waals surface area contributed by atoms with Gasteiger partial charge in [0.2, 0.25) is 5.91 Å². The van der Waals surface area contributed by atoms with Crippen LogP contribution in [0.4, 0.5) is 5.69 Å². The number of carbonyl (C=O) groups excluding carboxylic acids is 1. The molecule has 1 aliphatic heterocycles. The van der Waals surface area contributed by atoms with Crippen LogP contribution in [-0.2, 0) is 16.0 Å². The Morgan fingerprint density at radius 1 is 1.15 bits per heavy atom. The maximum atomic E-state index is 12.2. The number of benzene rings is 2. The summed E-state index contributed by atoms with van der Waals surface area (Å²) in [6, 6.07) is 15.1. The lowest BCUT2D eigenvalue weighted by molar-refractivity contribution is -0.120. The Morgan fingerprint density at radius 3 is 2.59 bits per heavy atom. The first kappa shape index (κ1) is 22.8. The van der Waals surface area contributed by atoms with Crippen molar-refractivity contribution in [2.45, 2.75) is 70.6 Å². The van der Waals surface area contributed by atoms with Crippen LogP contribution in [0.25, 0.3) is 22.2 Å². The number of ether oxygens (including phenoxy) is 2. The summed E-state index contributed by atoms with van der Waals surface area (Å²) < 4.78 is 14.2. The number of hydrogen-bond donors (Lipinski definition) is 2. The highest BCUT2D eigenvalue weighted by atomic mass is 16.5. The molecule has 1 aliphatic carbocycles. The van der Waals surface area contributed by atoms with Crippen molar-refractivity contribution < 1.29 is 14.3 Å². The molecule has 2 aliphatic rings. The second-order valence-electron chi connectivity index (χ2n) is 9.94. The molecule has 1 atom stereocenters. The van der Waals surface area contributed by atoms with E-state index in [1.807, 2.05) is 32.0 Å². The molecule has 1 saturated carbocycles. The molecular formula is C28H35N3O3. The van der Waals surface area contributed by atoms with Crippen LogP contribution < -0.4 is 15.8 Å². The van der Waals surface area contributed by atoms with Gasteiger partial charge in [0, 0.05) is 35.7 Å². The van der Waals surface area contributed by atoms with E-state index in [0.29, 0.717) is 19.1 Å². The molecule has 2 heterocycles. The predicted molar refractivity (Wildman–Crippen MR) is 136 cm³/mol. The lowest BCUT2D eigenvalue weighted by Crippen LogP contribution is -2.31. The van der Waals surface area contributed by atoms with Crippen molar-refractivity contribution in [3.63, 3.8) is 0 Å². The highest BCUT2D eigenvalue weighted by Gasteiger charge is 2.27. The number of aromatic nitrogens is 1. The molecule has 0 bridgehead atoms. The zero-order chi connectivity index (χ0) is 23.7. The molecule has 34 heavy (non-hydrogen) atoms. The van der Waals surface area contributed by atoms with Crippen molar-refractivity contribution in [3.8, 4) is 17.0 Å². The highest BCUT2D eigenvalue weighted by Crippen LogP contribution is 2.44. The molecule has 3 aromatic rings. The second kappa shape index (κ2) is 9.71. The topological polar surface area (TPSA) is 78.5 Å². The lowest BCUT2D eigenvalue weighted by atomic mass is 9.92. The van der Waals surface area contributed by atoms with Crippen molar-refractivity contribution >= 4 is 22.5 Å². The summed E-state index contributed by atoms with van der Waals surface area (Å²) >= 11 is 0. The zero-order valence-corrected chi connectivity index (χ0v) is 20.2. The fourth-order valence-electron chi connectivity index (χ4n) is 5.03. The van der Waals surface area contributed by atoms with Crippen molar-refractivity contribution in [2.75, 3.05) is 18.9 Å². The van der Waals surface area contributed by atoms with Crippen molar-refractivity contribution in [3.05, 3.63) is 48.0 Å². The first-order chi connectivity index (χ1) is 16.5. The van der Waals surface area contributed by atoms with Crippen LogP contribution >= 0.6 is 0 Å². The van der Waals surface area contributed by atoms with Gasteiger partial charge in [-0.05, 0) is 63.6 Å². The number of hydrogen-bond acceptors (Lipinski definition) is 4. The average Bonchev–Trinajstić information content (AvgIpc) is 3.38.